The molecule has 0 aliphatic carbocycles. The van der Waals surface area contributed by atoms with Crippen molar-refractivity contribution in [3.63, 3.8) is 0 Å². The van der Waals surface area contributed by atoms with Crippen molar-refractivity contribution < 1.29 is 14.0 Å². The molecule has 0 saturated carbocycles. The van der Waals surface area contributed by atoms with E-state index in [1.807, 2.05) is 13.8 Å². The van der Waals surface area contributed by atoms with Crippen LogP contribution in [0.1, 0.15) is 38.3 Å². The quantitative estimate of drug-likeness (QED) is 0.754. The second kappa shape index (κ2) is 8.36. The standard InChI is InChI=1S/C16H24FN3O2/c1-5-11(3)19-15(21)12(4)20-16(22)18-9-13-6-7-14(17)10(2)8-13/h6-8,11-12H,5,9H2,1-4H3,(H,19,21)(H2,18,20,22)/t11-,12-/m0/s1. The van der Waals surface area contributed by atoms with E-state index in [0.717, 1.165) is 12.0 Å². The summed E-state index contributed by atoms with van der Waals surface area (Å²) in [6, 6.07) is 3.67. The van der Waals surface area contributed by atoms with Crippen molar-refractivity contribution in [1.29, 1.82) is 0 Å². The van der Waals surface area contributed by atoms with Crippen LogP contribution in [0.5, 0.6) is 0 Å². The van der Waals surface area contributed by atoms with Gasteiger partial charge in [0.05, 0.1) is 0 Å². The van der Waals surface area contributed by atoms with Gasteiger partial charge in [0.15, 0.2) is 0 Å². The van der Waals surface area contributed by atoms with Gasteiger partial charge in [-0.3, -0.25) is 4.79 Å². The van der Waals surface area contributed by atoms with Gasteiger partial charge in [0.25, 0.3) is 0 Å². The fourth-order valence-corrected chi connectivity index (χ4v) is 1.78. The molecule has 22 heavy (non-hydrogen) atoms. The van der Waals surface area contributed by atoms with Crippen LogP contribution in [0.4, 0.5) is 9.18 Å². The first-order valence-electron chi connectivity index (χ1n) is 7.43. The van der Waals surface area contributed by atoms with E-state index >= 15 is 0 Å². The second-order valence-corrected chi connectivity index (χ2v) is 5.45. The van der Waals surface area contributed by atoms with Gasteiger partial charge in [-0.15, -0.1) is 0 Å². The molecule has 1 aromatic rings. The fraction of sp³-hybridized carbons (Fsp3) is 0.500. The Morgan fingerprint density at radius 3 is 2.50 bits per heavy atom. The highest BCUT2D eigenvalue weighted by molar-refractivity contribution is 5.86. The highest BCUT2D eigenvalue weighted by Crippen LogP contribution is 2.08. The van der Waals surface area contributed by atoms with Crippen LogP contribution in [0, 0.1) is 12.7 Å². The van der Waals surface area contributed by atoms with Crippen molar-refractivity contribution in [2.24, 2.45) is 0 Å². The summed E-state index contributed by atoms with van der Waals surface area (Å²) in [7, 11) is 0. The van der Waals surface area contributed by atoms with Crippen LogP contribution in [0.3, 0.4) is 0 Å². The molecular formula is C16H24FN3O2. The first-order valence-corrected chi connectivity index (χ1v) is 7.43. The van der Waals surface area contributed by atoms with Crippen molar-refractivity contribution in [3.05, 3.63) is 35.1 Å². The lowest BCUT2D eigenvalue weighted by molar-refractivity contribution is -0.123. The number of amides is 3. The minimum Gasteiger partial charge on any atom is -0.352 e. The van der Waals surface area contributed by atoms with Gasteiger partial charge in [0.2, 0.25) is 5.91 Å². The minimum absolute atomic E-state index is 0.0713. The summed E-state index contributed by atoms with van der Waals surface area (Å²) >= 11 is 0. The minimum atomic E-state index is -0.621. The predicted molar refractivity (Wildman–Crippen MR) is 83.9 cm³/mol. The van der Waals surface area contributed by atoms with E-state index in [4.69, 9.17) is 0 Å². The molecule has 0 unspecified atom stereocenters. The van der Waals surface area contributed by atoms with Crippen LogP contribution in [0.2, 0.25) is 0 Å². The molecule has 1 rings (SSSR count). The Morgan fingerprint density at radius 1 is 1.23 bits per heavy atom. The lowest BCUT2D eigenvalue weighted by atomic mass is 10.1. The van der Waals surface area contributed by atoms with Crippen LogP contribution in [0.25, 0.3) is 0 Å². The second-order valence-electron chi connectivity index (χ2n) is 5.45. The van der Waals surface area contributed by atoms with Gasteiger partial charge in [0, 0.05) is 12.6 Å². The molecule has 0 aliphatic heterocycles. The monoisotopic (exact) mass is 309 g/mol. The average Bonchev–Trinajstić information content (AvgIpc) is 2.48. The molecule has 0 spiro atoms. The molecule has 0 fully saturated rings. The van der Waals surface area contributed by atoms with Crippen LogP contribution >= 0.6 is 0 Å². The molecule has 0 aliphatic rings. The SMILES string of the molecule is CC[C@H](C)NC(=O)[C@H](C)NC(=O)NCc1ccc(F)c(C)c1. The van der Waals surface area contributed by atoms with Crippen LogP contribution < -0.4 is 16.0 Å². The zero-order valence-corrected chi connectivity index (χ0v) is 13.5. The van der Waals surface area contributed by atoms with E-state index < -0.39 is 12.1 Å². The normalized spacial score (nSPS) is 13.1. The summed E-state index contributed by atoms with van der Waals surface area (Å²) < 4.78 is 13.1. The number of halogens is 1. The molecule has 1 aromatic carbocycles. The van der Waals surface area contributed by atoms with Gasteiger partial charge in [-0.2, -0.15) is 0 Å². The van der Waals surface area contributed by atoms with Gasteiger partial charge in [-0.25, -0.2) is 9.18 Å². The molecule has 0 radical (unpaired) electrons. The Bertz CT molecular complexity index is 534. The first-order chi connectivity index (χ1) is 10.3. The Balaban J connectivity index is 2.42. The smallest absolute Gasteiger partial charge is 0.315 e. The summed E-state index contributed by atoms with van der Waals surface area (Å²) in [4.78, 5) is 23.6. The van der Waals surface area contributed by atoms with Gasteiger partial charge in [-0.05, 0) is 44.4 Å². The van der Waals surface area contributed by atoms with Gasteiger partial charge in [0.1, 0.15) is 11.9 Å². The molecule has 0 saturated heterocycles. The van der Waals surface area contributed by atoms with Crippen LogP contribution in [0.15, 0.2) is 18.2 Å². The molecule has 3 N–H and O–H groups in total. The van der Waals surface area contributed by atoms with Crippen molar-refractivity contribution in [2.45, 2.75) is 52.7 Å². The maximum absolute atomic E-state index is 13.1. The van der Waals surface area contributed by atoms with Crippen molar-refractivity contribution >= 4 is 11.9 Å². The lowest BCUT2D eigenvalue weighted by Gasteiger charge is -2.17. The number of aryl methyl sites for hydroxylation is 1. The fourth-order valence-electron chi connectivity index (χ4n) is 1.78. The zero-order valence-electron chi connectivity index (χ0n) is 13.5. The number of carbonyl (C=O) groups is 2. The third-order valence-electron chi connectivity index (χ3n) is 3.42. The highest BCUT2D eigenvalue weighted by atomic mass is 19.1. The van der Waals surface area contributed by atoms with Crippen LogP contribution in [-0.2, 0) is 11.3 Å². The number of hydrogen-bond donors (Lipinski definition) is 3. The Morgan fingerprint density at radius 2 is 1.91 bits per heavy atom. The van der Waals surface area contributed by atoms with E-state index in [2.05, 4.69) is 16.0 Å². The summed E-state index contributed by atoms with van der Waals surface area (Å²) in [6.45, 7) is 7.44. The molecular weight excluding hydrogens is 285 g/mol. The maximum Gasteiger partial charge on any atom is 0.315 e. The number of carbonyl (C=O) groups excluding carboxylic acids is 2. The molecule has 122 valence electrons. The number of rotatable bonds is 6. The Hall–Kier alpha value is -2.11. The van der Waals surface area contributed by atoms with E-state index in [-0.39, 0.29) is 24.3 Å². The topological polar surface area (TPSA) is 70.2 Å². The molecule has 3 amide bonds. The first kappa shape index (κ1) is 17.9. The molecule has 0 heterocycles. The van der Waals surface area contributed by atoms with Crippen molar-refractivity contribution in [1.82, 2.24) is 16.0 Å². The van der Waals surface area contributed by atoms with Crippen molar-refractivity contribution in [3.8, 4) is 0 Å². The summed E-state index contributed by atoms with van der Waals surface area (Å²) in [6.07, 6.45) is 0.828. The van der Waals surface area contributed by atoms with Gasteiger partial charge < -0.3 is 16.0 Å². The number of benzene rings is 1. The van der Waals surface area contributed by atoms with Gasteiger partial charge in [-0.1, -0.05) is 19.1 Å². The third-order valence-corrected chi connectivity index (χ3v) is 3.42. The van der Waals surface area contributed by atoms with E-state index in [1.54, 1.807) is 26.0 Å². The molecule has 5 nitrogen and oxygen atoms in total. The number of hydrogen-bond acceptors (Lipinski definition) is 2. The predicted octanol–water partition coefficient (Wildman–Crippen LogP) is 2.24. The Labute approximate surface area is 130 Å². The number of urea groups is 1. The molecule has 2 atom stereocenters. The Kier molecular flexibility index (Phi) is 6.82. The van der Waals surface area contributed by atoms with Crippen molar-refractivity contribution in [2.75, 3.05) is 0 Å². The maximum atomic E-state index is 13.1. The van der Waals surface area contributed by atoms with E-state index in [9.17, 15) is 14.0 Å². The van der Waals surface area contributed by atoms with Crippen LogP contribution in [-0.4, -0.2) is 24.0 Å². The largest absolute Gasteiger partial charge is 0.352 e. The molecule has 0 aromatic heterocycles. The average molecular weight is 309 g/mol. The molecule has 0 bridgehead atoms. The summed E-state index contributed by atoms with van der Waals surface area (Å²) in [5, 5.41) is 8.01. The third kappa shape index (κ3) is 5.71. The summed E-state index contributed by atoms with van der Waals surface area (Å²) in [5.74, 6) is -0.495. The number of nitrogens with one attached hydrogen (secondary N) is 3. The zero-order chi connectivity index (χ0) is 16.7. The van der Waals surface area contributed by atoms with Gasteiger partial charge >= 0.3 is 6.03 Å². The molecule has 6 heteroatoms. The summed E-state index contributed by atoms with van der Waals surface area (Å²) in [5.41, 5.74) is 1.33. The highest BCUT2D eigenvalue weighted by Gasteiger charge is 2.16. The lowest BCUT2D eigenvalue weighted by Crippen LogP contribution is -2.49. The van der Waals surface area contributed by atoms with E-state index in [1.165, 1.54) is 6.07 Å². The van der Waals surface area contributed by atoms with E-state index in [0.29, 0.717) is 5.56 Å².